The summed E-state index contributed by atoms with van der Waals surface area (Å²) in [6.07, 6.45) is 3.39. The van der Waals surface area contributed by atoms with Gasteiger partial charge in [0.25, 0.3) is 0 Å². The number of hydrogen-bond acceptors (Lipinski definition) is 2. The monoisotopic (exact) mass is 301 g/mol. The Morgan fingerprint density at radius 2 is 1.95 bits per heavy atom. The van der Waals surface area contributed by atoms with E-state index in [0.717, 1.165) is 17.9 Å². The third-order valence-corrected chi connectivity index (χ3v) is 4.52. The van der Waals surface area contributed by atoms with Gasteiger partial charge < -0.3 is 10.4 Å². The van der Waals surface area contributed by atoms with E-state index in [2.05, 4.69) is 24.4 Å². The summed E-state index contributed by atoms with van der Waals surface area (Å²) in [6, 6.07) is 14.3. The van der Waals surface area contributed by atoms with Crippen LogP contribution in [0.15, 0.2) is 42.5 Å². The standard InChI is InChI=1S/C18H20ClNO/c1-12(13-5-8-15(19)9-6-13)20-18-4-2-3-14-7-10-16(21)11-17(14)18/h5-12,18,20-21H,2-4H2,1H3. The van der Waals surface area contributed by atoms with Crippen LogP contribution in [-0.2, 0) is 6.42 Å². The van der Waals surface area contributed by atoms with E-state index in [-0.39, 0.29) is 6.04 Å². The van der Waals surface area contributed by atoms with E-state index in [0.29, 0.717) is 11.8 Å². The summed E-state index contributed by atoms with van der Waals surface area (Å²) in [5.74, 6) is 0.349. The predicted molar refractivity (Wildman–Crippen MR) is 86.8 cm³/mol. The second-order valence-corrected chi connectivity index (χ2v) is 6.20. The highest BCUT2D eigenvalue weighted by atomic mass is 35.5. The lowest BCUT2D eigenvalue weighted by atomic mass is 9.87. The van der Waals surface area contributed by atoms with Gasteiger partial charge in [-0.25, -0.2) is 0 Å². The molecule has 0 fully saturated rings. The number of phenolic OH excluding ortho intramolecular Hbond substituents is 1. The van der Waals surface area contributed by atoms with Crippen LogP contribution in [0.25, 0.3) is 0 Å². The number of aromatic hydroxyl groups is 1. The average Bonchev–Trinajstić information content (AvgIpc) is 2.48. The molecule has 2 N–H and O–H groups in total. The molecule has 0 bridgehead atoms. The summed E-state index contributed by atoms with van der Waals surface area (Å²) in [6.45, 7) is 2.17. The lowest BCUT2D eigenvalue weighted by Gasteiger charge is -2.29. The fraction of sp³-hybridized carbons (Fsp3) is 0.333. The molecule has 3 heteroatoms. The molecular weight excluding hydrogens is 282 g/mol. The van der Waals surface area contributed by atoms with Crippen LogP contribution in [0.4, 0.5) is 0 Å². The summed E-state index contributed by atoms with van der Waals surface area (Å²) in [4.78, 5) is 0. The van der Waals surface area contributed by atoms with Crippen LogP contribution in [0.3, 0.4) is 0 Å². The molecule has 0 saturated heterocycles. The fourth-order valence-corrected chi connectivity index (χ4v) is 3.24. The maximum absolute atomic E-state index is 9.75. The minimum absolute atomic E-state index is 0.251. The molecule has 0 heterocycles. The molecule has 2 unspecified atom stereocenters. The highest BCUT2D eigenvalue weighted by molar-refractivity contribution is 6.30. The Morgan fingerprint density at radius 1 is 1.19 bits per heavy atom. The lowest BCUT2D eigenvalue weighted by molar-refractivity contribution is 0.411. The minimum Gasteiger partial charge on any atom is -0.508 e. The first-order valence-corrected chi connectivity index (χ1v) is 7.84. The largest absolute Gasteiger partial charge is 0.508 e. The summed E-state index contributed by atoms with van der Waals surface area (Å²) >= 11 is 5.94. The van der Waals surface area contributed by atoms with Crippen molar-refractivity contribution < 1.29 is 5.11 Å². The molecule has 2 atom stereocenters. The molecule has 2 aromatic carbocycles. The van der Waals surface area contributed by atoms with Gasteiger partial charge in [0.15, 0.2) is 0 Å². The van der Waals surface area contributed by atoms with E-state index in [1.54, 1.807) is 6.07 Å². The summed E-state index contributed by atoms with van der Waals surface area (Å²) < 4.78 is 0. The smallest absolute Gasteiger partial charge is 0.115 e. The van der Waals surface area contributed by atoms with Crippen molar-refractivity contribution in [1.82, 2.24) is 5.32 Å². The summed E-state index contributed by atoms with van der Waals surface area (Å²) in [7, 11) is 0. The van der Waals surface area contributed by atoms with Gasteiger partial charge in [-0.15, -0.1) is 0 Å². The highest BCUT2D eigenvalue weighted by Gasteiger charge is 2.22. The van der Waals surface area contributed by atoms with Gasteiger partial charge in [0.05, 0.1) is 0 Å². The van der Waals surface area contributed by atoms with E-state index < -0.39 is 0 Å². The Labute approximate surface area is 130 Å². The number of phenols is 1. The predicted octanol–water partition coefficient (Wildman–Crippen LogP) is 4.77. The lowest BCUT2D eigenvalue weighted by Crippen LogP contribution is -2.27. The maximum atomic E-state index is 9.75. The normalized spacial score (nSPS) is 19.0. The molecule has 1 aliphatic carbocycles. The van der Waals surface area contributed by atoms with Gasteiger partial charge in [-0.05, 0) is 67.1 Å². The van der Waals surface area contributed by atoms with Crippen LogP contribution in [0.2, 0.25) is 5.02 Å². The van der Waals surface area contributed by atoms with Crippen molar-refractivity contribution in [3.05, 3.63) is 64.2 Å². The van der Waals surface area contributed by atoms with Gasteiger partial charge >= 0.3 is 0 Å². The van der Waals surface area contributed by atoms with Crippen LogP contribution in [0.1, 0.15) is 48.5 Å². The molecule has 0 aliphatic heterocycles. The van der Waals surface area contributed by atoms with Gasteiger partial charge in [-0.1, -0.05) is 29.8 Å². The Hall–Kier alpha value is -1.51. The summed E-state index contributed by atoms with van der Waals surface area (Å²) in [5.41, 5.74) is 3.81. The zero-order valence-electron chi connectivity index (χ0n) is 12.1. The van der Waals surface area contributed by atoms with E-state index >= 15 is 0 Å². The maximum Gasteiger partial charge on any atom is 0.115 e. The SMILES string of the molecule is CC(NC1CCCc2ccc(O)cc21)c1ccc(Cl)cc1. The first-order valence-electron chi connectivity index (χ1n) is 7.47. The van der Waals surface area contributed by atoms with Crippen LogP contribution < -0.4 is 5.32 Å². The number of benzene rings is 2. The van der Waals surface area contributed by atoms with Crippen molar-refractivity contribution in [2.24, 2.45) is 0 Å². The zero-order chi connectivity index (χ0) is 14.8. The van der Waals surface area contributed by atoms with E-state index in [1.165, 1.54) is 23.1 Å². The van der Waals surface area contributed by atoms with Crippen LogP contribution in [-0.4, -0.2) is 5.11 Å². The van der Waals surface area contributed by atoms with Crippen LogP contribution in [0.5, 0.6) is 5.75 Å². The summed E-state index contributed by atoms with van der Waals surface area (Å²) in [5, 5.41) is 14.2. The third-order valence-electron chi connectivity index (χ3n) is 4.26. The Bertz CT molecular complexity index is 624. The average molecular weight is 302 g/mol. The molecule has 0 saturated carbocycles. The fourth-order valence-electron chi connectivity index (χ4n) is 3.11. The molecule has 0 radical (unpaired) electrons. The van der Waals surface area contributed by atoms with Crippen molar-refractivity contribution in [2.75, 3.05) is 0 Å². The first-order chi connectivity index (χ1) is 10.1. The van der Waals surface area contributed by atoms with Crippen molar-refractivity contribution in [3.8, 4) is 5.75 Å². The first kappa shape index (κ1) is 14.4. The second kappa shape index (κ2) is 6.08. The van der Waals surface area contributed by atoms with Crippen molar-refractivity contribution >= 4 is 11.6 Å². The Morgan fingerprint density at radius 3 is 2.71 bits per heavy atom. The van der Waals surface area contributed by atoms with Crippen molar-refractivity contribution in [1.29, 1.82) is 0 Å². The molecule has 0 amide bonds. The molecule has 110 valence electrons. The van der Waals surface area contributed by atoms with Gasteiger partial charge in [-0.3, -0.25) is 0 Å². The van der Waals surface area contributed by atoms with E-state index in [4.69, 9.17) is 11.6 Å². The van der Waals surface area contributed by atoms with Gasteiger partial charge in [0, 0.05) is 17.1 Å². The molecule has 0 spiro atoms. The van der Waals surface area contributed by atoms with Crippen molar-refractivity contribution in [2.45, 2.75) is 38.3 Å². The Balaban J connectivity index is 1.80. The number of fused-ring (bicyclic) bond motifs is 1. The minimum atomic E-state index is 0.251. The number of aryl methyl sites for hydroxylation is 1. The van der Waals surface area contributed by atoms with Gasteiger partial charge in [0.1, 0.15) is 5.75 Å². The molecule has 1 aliphatic rings. The van der Waals surface area contributed by atoms with Crippen molar-refractivity contribution in [3.63, 3.8) is 0 Å². The second-order valence-electron chi connectivity index (χ2n) is 5.77. The number of hydrogen-bond donors (Lipinski definition) is 2. The number of rotatable bonds is 3. The third kappa shape index (κ3) is 3.22. The quantitative estimate of drug-likeness (QED) is 0.855. The van der Waals surface area contributed by atoms with Gasteiger partial charge in [0.2, 0.25) is 0 Å². The molecular formula is C18H20ClNO. The molecule has 0 aromatic heterocycles. The molecule has 2 aromatic rings. The molecule has 2 nitrogen and oxygen atoms in total. The van der Waals surface area contributed by atoms with Crippen LogP contribution >= 0.6 is 11.6 Å². The topological polar surface area (TPSA) is 32.3 Å². The Kier molecular flexibility index (Phi) is 4.18. The van der Waals surface area contributed by atoms with Crippen LogP contribution in [0, 0.1) is 0 Å². The van der Waals surface area contributed by atoms with E-state index in [1.807, 2.05) is 24.3 Å². The van der Waals surface area contributed by atoms with Gasteiger partial charge in [-0.2, -0.15) is 0 Å². The highest BCUT2D eigenvalue weighted by Crippen LogP contribution is 2.33. The van der Waals surface area contributed by atoms with E-state index in [9.17, 15) is 5.11 Å². The zero-order valence-corrected chi connectivity index (χ0v) is 12.9. The number of halogens is 1. The number of nitrogens with one attached hydrogen (secondary N) is 1. The molecule has 21 heavy (non-hydrogen) atoms. The molecule has 3 rings (SSSR count).